The summed E-state index contributed by atoms with van der Waals surface area (Å²) >= 11 is 1.46. The van der Waals surface area contributed by atoms with Gasteiger partial charge in [0.1, 0.15) is 4.88 Å². The third-order valence-electron chi connectivity index (χ3n) is 3.59. The summed E-state index contributed by atoms with van der Waals surface area (Å²) in [7, 11) is 0. The Balaban J connectivity index is 2.42. The minimum atomic E-state index is -0.0449. The maximum atomic E-state index is 12.8. The summed E-state index contributed by atoms with van der Waals surface area (Å²) in [6.45, 7) is 6.60. The molecule has 2 rings (SSSR count). The molecular weight excluding hydrogens is 284 g/mol. The van der Waals surface area contributed by atoms with Crippen molar-refractivity contribution < 1.29 is 9.90 Å². The van der Waals surface area contributed by atoms with Gasteiger partial charge >= 0.3 is 0 Å². The van der Waals surface area contributed by atoms with E-state index >= 15 is 0 Å². The van der Waals surface area contributed by atoms with Gasteiger partial charge in [-0.2, -0.15) is 0 Å². The van der Waals surface area contributed by atoms with Gasteiger partial charge in [0.05, 0.1) is 5.69 Å². The van der Waals surface area contributed by atoms with Crippen molar-refractivity contribution in [3.63, 3.8) is 0 Å². The molecule has 0 unspecified atom stereocenters. The highest BCUT2D eigenvalue weighted by Crippen LogP contribution is 2.36. The molecule has 0 bridgehead atoms. The predicted molar refractivity (Wildman–Crippen MR) is 88.8 cm³/mol. The fourth-order valence-electron chi connectivity index (χ4n) is 2.40. The summed E-state index contributed by atoms with van der Waals surface area (Å²) in [5.41, 5.74) is 7.89. The largest absolute Gasteiger partial charge is 0.397 e. The highest BCUT2D eigenvalue weighted by Gasteiger charge is 2.24. The molecule has 21 heavy (non-hydrogen) atoms. The quantitative estimate of drug-likeness (QED) is 0.892. The van der Waals surface area contributed by atoms with Gasteiger partial charge in [0.25, 0.3) is 5.91 Å². The van der Waals surface area contributed by atoms with Crippen LogP contribution in [0.3, 0.4) is 0 Å². The van der Waals surface area contributed by atoms with E-state index in [9.17, 15) is 4.79 Å². The summed E-state index contributed by atoms with van der Waals surface area (Å²) in [6.07, 6.45) is 0.577. The lowest BCUT2D eigenvalue weighted by Crippen LogP contribution is -2.37. The van der Waals surface area contributed by atoms with Crippen molar-refractivity contribution in [2.75, 3.05) is 18.9 Å². The number of fused-ring (bicyclic) bond motifs is 1. The van der Waals surface area contributed by atoms with Crippen LogP contribution in [0.4, 0.5) is 5.69 Å². The Morgan fingerprint density at radius 3 is 2.71 bits per heavy atom. The van der Waals surface area contributed by atoms with Crippen LogP contribution in [-0.2, 0) is 0 Å². The molecule has 114 valence electrons. The molecule has 0 saturated carbocycles. The molecule has 2 aromatic rings. The van der Waals surface area contributed by atoms with Gasteiger partial charge in [-0.15, -0.1) is 11.3 Å². The summed E-state index contributed by atoms with van der Waals surface area (Å²) in [4.78, 5) is 15.1. The van der Waals surface area contributed by atoms with Gasteiger partial charge in [0, 0.05) is 29.3 Å². The molecule has 1 amide bonds. The van der Waals surface area contributed by atoms with E-state index in [0.717, 1.165) is 15.6 Å². The maximum Gasteiger partial charge on any atom is 0.266 e. The standard InChI is InChI=1S/C16H22N2O2S/c1-10(2)18(8-5-9-19)16(20)15-13(17)12-7-4-6-11(3)14(12)21-15/h4,6-7,10,19H,5,8-9,17H2,1-3H3. The molecule has 0 aliphatic rings. The average Bonchev–Trinajstić information content (AvgIpc) is 2.78. The second-order valence-electron chi connectivity index (χ2n) is 5.47. The third-order valence-corrected chi connectivity index (χ3v) is 4.93. The number of rotatable bonds is 5. The van der Waals surface area contributed by atoms with Crippen LogP contribution in [0.15, 0.2) is 18.2 Å². The first-order valence-electron chi connectivity index (χ1n) is 7.16. The van der Waals surface area contributed by atoms with E-state index in [4.69, 9.17) is 10.8 Å². The van der Waals surface area contributed by atoms with Crippen molar-refractivity contribution in [1.29, 1.82) is 0 Å². The maximum absolute atomic E-state index is 12.8. The van der Waals surface area contributed by atoms with E-state index in [1.807, 2.05) is 39.0 Å². The van der Waals surface area contributed by atoms with Gasteiger partial charge in [-0.05, 0) is 32.8 Å². The molecule has 0 fully saturated rings. The van der Waals surface area contributed by atoms with Crippen molar-refractivity contribution in [2.24, 2.45) is 0 Å². The van der Waals surface area contributed by atoms with Crippen LogP contribution >= 0.6 is 11.3 Å². The summed E-state index contributed by atoms with van der Waals surface area (Å²) in [5, 5.41) is 9.95. The van der Waals surface area contributed by atoms with Gasteiger partial charge in [0.15, 0.2) is 0 Å². The van der Waals surface area contributed by atoms with Crippen molar-refractivity contribution in [2.45, 2.75) is 33.2 Å². The van der Waals surface area contributed by atoms with Gasteiger partial charge in [0.2, 0.25) is 0 Å². The van der Waals surface area contributed by atoms with Crippen molar-refractivity contribution >= 4 is 33.0 Å². The number of aryl methyl sites for hydroxylation is 1. The van der Waals surface area contributed by atoms with Crippen LogP contribution in [0.1, 0.15) is 35.5 Å². The molecule has 1 aromatic heterocycles. The molecular formula is C16H22N2O2S. The number of carbonyl (C=O) groups excluding carboxylic acids is 1. The van der Waals surface area contributed by atoms with Crippen LogP contribution in [0.5, 0.6) is 0 Å². The number of nitrogens with two attached hydrogens (primary N) is 1. The zero-order chi connectivity index (χ0) is 15.6. The normalized spacial score (nSPS) is 11.3. The number of hydrogen-bond donors (Lipinski definition) is 2. The summed E-state index contributed by atoms with van der Waals surface area (Å²) in [6, 6.07) is 6.02. The van der Waals surface area contributed by atoms with Crippen molar-refractivity contribution in [3.05, 3.63) is 28.6 Å². The molecule has 0 saturated heterocycles. The number of hydrogen-bond acceptors (Lipinski definition) is 4. The highest BCUT2D eigenvalue weighted by atomic mass is 32.1. The van der Waals surface area contributed by atoms with E-state index < -0.39 is 0 Å². The van der Waals surface area contributed by atoms with E-state index in [2.05, 4.69) is 0 Å². The molecule has 0 atom stereocenters. The van der Waals surface area contributed by atoms with Gasteiger partial charge in [-0.25, -0.2) is 0 Å². The number of thiophene rings is 1. The molecule has 0 aliphatic carbocycles. The third kappa shape index (κ3) is 3.04. The predicted octanol–water partition coefficient (Wildman–Crippen LogP) is 3.02. The van der Waals surface area contributed by atoms with Crippen LogP contribution in [0, 0.1) is 6.92 Å². The molecule has 1 heterocycles. The highest BCUT2D eigenvalue weighted by molar-refractivity contribution is 7.21. The lowest BCUT2D eigenvalue weighted by molar-refractivity contribution is 0.0699. The van der Waals surface area contributed by atoms with Crippen LogP contribution < -0.4 is 5.73 Å². The molecule has 0 spiro atoms. The zero-order valence-electron chi connectivity index (χ0n) is 12.7. The van der Waals surface area contributed by atoms with Crippen LogP contribution in [0.25, 0.3) is 10.1 Å². The Morgan fingerprint density at radius 2 is 2.14 bits per heavy atom. The smallest absolute Gasteiger partial charge is 0.266 e. The summed E-state index contributed by atoms with van der Waals surface area (Å²) < 4.78 is 1.07. The monoisotopic (exact) mass is 306 g/mol. The number of amides is 1. The first-order valence-corrected chi connectivity index (χ1v) is 7.98. The minimum absolute atomic E-state index is 0.0449. The van der Waals surface area contributed by atoms with Gasteiger partial charge in [-0.3, -0.25) is 4.79 Å². The lowest BCUT2D eigenvalue weighted by atomic mass is 10.1. The fourth-order valence-corrected chi connectivity index (χ4v) is 3.55. The van der Waals surface area contributed by atoms with Gasteiger partial charge in [-0.1, -0.05) is 18.2 Å². The first-order chi connectivity index (χ1) is 9.97. The SMILES string of the molecule is Cc1cccc2c(N)c(C(=O)N(CCCO)C(C)C)sc12. The number of aliphatic hydroxyl groups is 1. The lowest BCUT2D eigenvalue weighted by Gasteiger charge is -2.26. The Morgan fingerprint density at radius 1 is 1.43 bits per heavy atom. The van der Waals surface area contributed by atoms with Gasteiger partial charge < -0.3 is 15.7 Å². The Bertz CT molecular complexity index is 649. The Hall–Kier alpha value is -1.59. The number of nitrogen functional groups attached to an aromatic ring is 1. The number of carbonyl (C=O) groups is 1. The number of nitrogens with zero attached hydrogens (tertiary/aromatic N) is 1. The van der Waals surface area contributed by atoms with Crippen molar-refractivity contribution in [3.8, 4) is 0 Å². The average molecular weight is 306 g/mol. The molecule has 0 aliphatic heterocycles. The van der Waals surface area contributed by atoms with Crippen LogP contribution in [0.2, 0.25) is 0 Å². The number of aliphatic hydroxyl groups excluding tert-OH is 1. The minimum Gasteiger partial charge on any atom is -0.397 e. The molecule has 1 aromatic carbocycles. The van der Waals surface area contributed by atoms with Crippen molar-refractivity contribution in [1.82, 2.24) is 4.90 Å². The molecule has 4 nitrogen and oxygen atoms in total. The molecule has 3 N–H and O–H groups in total. The summed E-state index contributed by atoms with van der Waals surface area (Å²) in [5.74, 6) is -0.0449. The fraction of sp³-hybridized carbons (Fsp3) is 0.438. The molecule has 0 radical (unpaired) electrons. The van der Waals surface area contributed by atoms with E-state index in [1.54, 1.807) is 4.90 Å². The number of benzene rings is 1. The Kier molecular flexibility index (Phi) is 4.85. The first kappa shape index (κ1) is 15.8. The Labute approximate surface area is 129 Å². The second-order valence-corrected chi connectivity index (χ2v) is 6.49. The van der Waals surface area contributed by atoms with E-state index in [0.29, 0.717) is 23.5 Å². The van der Waals surface area contributed by atoms with E-state index in [-0.39, 0.29) is 18.6 Å². The molecule has 5 heteroatoms. The topological polar surface area (TPSA) is 66.6 Å². The number of anilines is 1. The van der Waals surface area contributed by atoms with E-state index in [1.165, 1.54) is 11.3 Å². The zero-order valence-corrected chi connectivity index (χ0v) is 13.5. The second kappa shape index (κ2) is 6.45. The van der Waals surface area contributed by atoms with Crippen LogP contribution in [-0.4, -0.2) is 35.1 Å².